The highest BCUT2D eigenvalue weighted by atomic mass is 79.9. The minimum absolute atomic E-state index is 0.00817. The average Bonchev–Trinajstić information content (AvgIpc) is 2.92. The van der Waals surface area contributed by atoms with Gasteiger partial charge in [-0.3, -0.25) is 4.79 Å². The summed E-state index contributed by atoms with van der Waals surface area (Å²) in [5.74, 6) is -0.773. The number of rotatable bonds is 4. The number of amides is 1. The molecular weight excluding hydrogens is 458 g/mol. The number of fused-ring (bicyclic) bond motifs is 1. The molecule has 0 saturated heterocycles. The summed E-state index contributed by atoms with van der Waals surface area (Å²) < 4.78 is 6.72. The molecule has 1 heterocycles. The van der Waals surface area contributed by atoms with Crippen LogP contribution in [0.1, 0.15) is 39.7 Å². The number of thiophene rings is 1. The molecule has 1 aromatic carbocycles. The monoisotopic (exact) mass is 471 g/mol. The lowest BCUT2D eigenvalue weighted by Gasteiger charge is -2.26. The number of hydrogen-bond donors (Lipinski definition) is 1. The molecule has 126 valence electrons. The zero-order valence-electron chi connectivity index (χ0n) is 12.7. The van der Waals surface area contributed by atoms with Gasteiger partial charge in [-0.05, 0) is 68.3 Å². The van der Waals surface area contributed by atoms with Crippen LogP contribution in [0.25, 0.3) is 0 Å². The van der Waals surface area contributed by atoms with Crippen molar-refractivity contribution >= 4 is 55.1 Å². The van der Waals surface area contributed by atoms with Crippen molar-refractivity contribution in [3.05, 3.63) is 54.6 Å². The van der Waals surface area contributed by atoms with Gasteiger partial charge in [0, 0.05) is 4.47 Å². The first-order valence-electron chi connectivity index (χ1n) is 7.53. The Morgan fingerprint density at radius 3 is 2.83 bits per heavy atom. The number of esters is 1. The molecule has 1 atom stereocenters. The lowest BCUT2D eigenvalue weighted by molar-refractivity contribution is -0.125. The van der Waals surface area contributed by atoms with Crippen molar-refractivity contribution in [2.75, 3.05) is 6.61 Å². The van der Waals surface area contributed by atoms with E-state index < -0.39 is 5.97 Å². The molecule has 7 heteroatoms. The van der Waals surface area contributed by atoms with E-state index in [2.05, 4.69) is 43.2 Å². The highest BCUT2D eigenvalue weighted by Gasteiger charge is 2.22. The van der Waals surface area contributed by atoms with Crippen LogP contribution in [-0.4, -0.2) is 18.5 Å². The Labute approximate surface area is 160 Å². The molecule has 1 aliphatic carbocycles. The van der Waals surface area contributed by atoms with E-state index in [1.54, 1.807) is 6.07 Å². The predicted octanol–water partition coefficient (Wildman–Crippen LogP) is 4.62. The van der Waals surface area contributed by atoms with Crippen molar-refractivity contribution in [3.8, 4) is 0 Å². The molecule has 3 rings (SSSR count). The van der Waals surface area contributed by atoms with Crippen LogP contribution >= 0.6 is 43.2 Å². The Kier molecular flexibility index (Phi) is 5.73. The first-order chi connectivity index (χ1) is 11.5. The summed E-state index contributed by atoms with van der Waals surface area (Å²) in [6.45, 7) is -0.273. The van der Waals surface area contributed by atoms with E-state index >= 15 is 0 Å². The van der Waals surface area contributed by atoms with Gasteiger partial charge < -0.3 is 10.1 Å². The summed E-state index contributed by atoms with van der Waals surface area (Å²) in [5, 5.41) is 2.97. The molecule has 0 spiro atoms. The van der Waals surface area contributed by atoms with Crippen molar-refractivity contribution in [1.29, 1.82) is 0 Å². The molecule has 1 amide bonds. The van der Waals surface area contributed by atoms with E-state index in [1.807, 2.05) is 18.2 Å². The molecule has 1 aliphatic rings. The Bertz CT molecular complexity index is 755. The second kappa shape index (κ2) is 7.80. The summed E-state index contributed by atoms with van der Waals surface area (Å²) in [6, 6.07) is 9.81. The maximum Gasteiger partial charge on any atom is 0.348 e. The van der Waals surface area contributed by atoms with Crippen molar-refractivity contribution in [3.63, 3.8) is 0 Å². The Morgan fingerprint density at radius 2 is 2.08 bits per heavy atom. The first-order valence-corrected chi connectivity index (χ1v) is 9.94. The third-order valence-electron chi connectivity index (χ3n) is 3.89. The van der Waals surface area contributed by atoms with Crippen LogP contribution in [0.15, 0.2) is 38.6 Å². The topological polar surface area (TPSA) is 55.4 Å². The Hall–Kier alpha value is -1.18. The van der Waals surface area contributed by atoms with E-state index in [1.165, 1.54) is 16.9 Å². The van der Waals surface area contributed by atoms with Crippen LogP contribution in [0.2, 0.25) is 0 Å². The molecule has 0 aliphatic heterocycles. The van der Waals surface area contributed by atoms with E-state index in [0.717, 1.165) is 33.1 Å². The highest BCUT2D eigenvalue weighted by Crippen LogP contribution is 2.33. The largest absolute Gasteiger partial charge is 0.451 e. The second-order valence-corrected chi connectivity index (χ2v) is 8.74. The maximum atomic E-state index is 12.1. The van der Waals surface area contributed by atoms with E-state index in [9.17, 15) is 9.59 Å². The molecule has 0 saturated carbocycles. The van der Waals surface area contributed by atoms with Gasteiger partial charge in [0.15, 0.2) is 6.61 Å². The molecule has 0 radical (unpaired) electrons. The summed E-state index contributed by atoms with van der Waals surface area (Å²) in [5.41, 5.74) is 2.44. The van der Waals surface area contributed by atoms with Crippen LogP contribution in [0.3, 0.4) is 0 Å². The van der Waals surface area contributed by atoms with E-state index in [-0.39, 0.29) is 18.6 Å². The van der Waals surface area contributed by atoms with Gasteiger partial charge >= 0.3 is 5.97 Å². The minimum Gasteiger partial charge on any atom is -0.451 e. The summed E-state index contributed by atoms with van der Waals surface area (Å²) in [6.07, 6.45) is 2.99. The van der Waals surface area contributed by atoms with E-state index in [0.29, 0.717) is 4.88 Å². The van der Waals surface area contributed by atoms with Crippen LogP contribution in [0, 0.1) is 0 Å². The van der Waals surface area contributed by atoms with Gasteiger partial charge in [0.05, 0.1) is 9.83 Å². The lowest BCUT2D eigenvalue weighted by atomic mass is 9.88. The molecule has 1 aromatic heterocycles. The Balaban J connectivity index is 1.56. The fourth-order valence-corrected chi connectivity index (χ4v) is 4.72. The van der Waals surface area contributed by atoms with E-state index in [4.69, 9.17) is 4.74 Å². The zero-order valence-corrected chi connectivity index (χ0v) is 16.7. The maximum absolute atomic E-state index is 12.1. The smallest absolute Gasteiger partial charge is 0.348 e. The lowest BCUT2D eigenvalue weighted by Crippen LogP contribution is -2.34. The fourth-order valence-electron chi connectivity index (χ4n) is 2.79. The fraction of sp³-hybridized carbons (Fsp3) is 0.294. The Morgan fingerprint density at radius 1 is 1.29 bits per heavy atom. The molecule has 2 aromatic rings. The zero-order chi connectivity index (χ0) is 17.1. The van der Waals surface area contributed by atoms with Crippen LogP contribution in [-0.2, 0) is 16.0 Å². The minimum atomic E-state index is -0.495. The quantitative estimate of drug-likeness (QED) is 0.660. The van der Waals surface area contributed by atoms with Crippen molar-refractivity contribution in [1.82, 2.24) is 5.32 Å². The normalized spacial score (nSPS) is 16.3. The molecule has 0 fully saturated rings. The SMILES string of the molecule is O=C(COC(=O)c1cc(Br)c(Br)s1)NC1CCCc2ccccc21. The van der Waals surface area contributed by atoms with Crippen molar-refractivity contribution < 1.29 is 14.3 Å². The molecule has 1 unspecified atom stereocenters. The van der Waals surface area contributed by atoms with Gasteiger partial charge in [-0.15, -0.1) is 11.3 Å². The molecular formula is C17H15Br2NO3S. The van der Waals surface area contributed by atoms with Gasteiger partial charge in [0.2, 0.25) is 0 Å². The number of aryl methyl sites for hydroxylation is 1. The third kappa shape index (κ3) is 4.07. The predicted molar refractivity (Wildman–Crippen MR) is 100 cm³/mol. The van der Waals surface area contributed by atoms with Crippen molar-refractivity contribution in [2.24, 2.45) is 0 Å². The average molecular weight is 473 g/mol. The number of carbonyl (C=O) groups is 2. The van der Waals surface area contributed by atoms with Gasteiger partial charge in [0.25, 0.3) is 5.91 Å². The molecule has 24 heavy (non-hydrogen) atoms. The highest BCUT2D eigenvalue weighted by molar-refractivity contribution is 9.13. The summed E-state index contributed by atoms with van der Waals surface area (Å²) in [4.78, 5) is 24.5. The van der Waals surface area contributed by atoms with Gasteiger partial charge in [-0.1, -0.05) is 24.3 Å². The molecule has 1 N–H and O–H groups in total. The molecule has 4 nitrogen and oxygen atoms in total. The van der Waals surface area contributed by atoms with Crippen molar-refractivity contribution in [2.45, 2.75) is 25.3 Å². The van der Waals surface area contributed by atoms with Crippen LogP contribution in [0.5, 0.6) is 0 Å². The summed E-state index contributed by atoms with van der Waals surface area (Å²) >= 11 is 7.92. The van der Waals surface area contributed by atoms with Gasteiger partial charge in [0.1, 0.15) is 4.88 Å². The first kappa shape index (κ1) is 17.6. The third-order valence-corrected chi connectivity index (χ3v) is 7.12. The van der Waals surface area contributed by atoms with Crippen LogP contribution in [0.4, 0.5) is 0 Å². The van der Waals surface area contributed by atoms with Crippen LogP contribution < -0.4 is 5.32 Å². The second-order valence-electron chi connectivity index (χ2n) is 5.52. The number of halogens is 2. The van der Waals surface area contributed by atoms with Gasteiger partial charge in [-0.25, -0.2) is 4.79 Å². The van der Waals surface area contributed by atoms with Gasteiger partial charge in [-0.2, -0.15) is 0 Å². The standard InChI is InChI=1S/C17H15Br2NO3S/c18-12-8-14(24-16(12)19)17(22)23-9-15(21)20-13-7-3-5-10-4-1-2-6-11(10)13/h1-2,4,6,8,13H,3,5,7,9H2,(H,20,21). The number of ether oxygens (including phenoxy) is 1. The number of hydrogen-bond acceptors (Lipinski definition) is 4. The number of nitrogens with one attached hydrogen (secondary N) is 1. The summed E-state index contributed by atoms with van der Waals surface area (Å²) in [7, 11) is 0. The number of benzene rings is 1. The molecule has 0 bridgehead atoms. The number of carbonyl (C=O) groups excluding carboxylic acids is 2.